The third-order valence-electron chi connectivity index (χ3n) is 4.73. The number of ether oxygens (including phenoxy) is 1. The van der Waals surface area contributed by atoms with Crippen molar-refractivity contribution in [3.8, 4) is 0 Å². The standard InChI is InChI=1S/C22H28N4O3/c1-16(2)10-11-23-21(27)18-7-5-8-19(24-18)22(28)25-17-6-3-4-9-20(17)26-12-14-29-15-13-26/h3-9,16H,10-15H2,1-2H3,(H,23,27)(H,25,28). The molecule has 7 nitrogen and oxygen atoms in total. The second kappa shape index (κ2) is 10.0. The predicted molar refractivity (Wildman–Crippen MR) is 113 cm³/mol. The van der Waals surface area contributed by atoms with Crippen LogP contribution in [0.5, 0.6) is 0 Å². The van der Waals surface area contributed by atoms with Gasteiger partial charge in [0, 0.05) is 19.6 Å². The third kappa shape index (κ3) is 5.77. The normalized spacial score (nSPS) is 14.0. The summed E-state index contributed by atoms with van der Waals surface area (Å²) in [7, 11) is 0. The molecule has 1 saturated heterocycles. The summed E-state index contributed by atoms with van der Waals surface area (Å²) < 4.78 is 5.41. The van der Waals surface area contributed by atoms with Crippen molar-refractivity contribution in [1.29, 1.82) is 0 Å². The van der Waals surface area contributed by atoms with Gasteiger partial charge < -0.3 is 20.3 Å². The van der Waals surface area contributed by atoms with Crippen molar-refractivity contribution in [2.24, 2.45) is 5.92 Å². The predicted octanol–water partition coefficient (Wildman–Crippen LogP) is 2.95. The molecule has 2 aromatic rings. The van der Waals surface area contributed by atoms with Crippen LogP contribution in [0.4, 0.5) is 11.4 Å². The number of anilines is 2. The maximum atomic E-state index is 12.8. The minimum absolute atomic E-state index is 0.207. The van der Waals surface area contributed by atoms with Crippen LogP contribution in [0.15, 0.2) is 42.5 Å². The molecule has 2 amide bonds. The molecule has 1 fully saturated rings. The lowest BCUT2D eigenvalue weighted by molar-refractivity contribution is 0.0947. The van der Waals surface area contributed by atoms with Crippen LogP contribution in [-0.2, 0) is 4.74 Å². The van der Waals surface area contributed by atoms with Crippen molar-refractivity contribution in [1.82, 2.24) is 10.3 Å². The number of carbonyl (C=O) groups excluding carboxylic acids is 2. The van der Waals surface area contributed by atoms with E-state index < -0.39 is 0 Å². The summed E-state index contributed by atoms with van der Waals surface area (Å²) in [5.41, 5.74) is 2.11. The molecular formula is C22H28N4O3. The number of benzene rings is 1. The highest BCUT2D eigenvalue weighted by Crippen LogP contribution is 2.26. The molecule has 1 aliphatic heterocycles. The van der Waals surface area contributed by atoms with Gasteiger partial charge in [-0.1, -0.05) is 32.0 Å². The van der Waals surface area contributed by atoms with Gasteiger partial charge in [-0.15, -0.1) is 0 Å². The van der Waals surface area contributed by atoms with Gasteiger partial charge in [0.25, 0.3) is 11.8 Å². The van der Waals surface area contributed by atoms with Gasteiger partial charge in [0.15, 0.2) is 0 Å². The highest BCUT2D eigenvalue weighted by Gasteiger charge is 2.17. The first kappa shape index (κ1) is 20.8. The van der Waals surface area contributed by atoms with Crippen molar-refractivity contribution in [3.05, 3.63) is 53.9 Å². The SMILES string of the molecule is CC(C)CCNC(=O)c1cccc(C(=O)Nc2ccccc2N2CCOCC2)n1. The first-order chi connectivity index (χ1) is 14.0. The fourth-order valence-corrected chi connectivity index (χ4v) is 3.10. The highest BCUT2D eigenvalue weighted by molar-refractivity contribution is 6.05. The van der Waals surface area contributed by atoms with Crippen molar-refractivity contribution in [2.75, 3.05) is 43.1 Å². The van der Waals surface area contributed by atoms with Crippen molar-refractivity contribution >= 4 is 23.2 Å². The van der Waals surface area contributed by atoms with Crippen LogP contribution >= 0.6 is 0 Å². The third-order valence-corrected chi connectivity index (χ3v) is 4.73. The van der Waals surface area contributed by atoms with E-state index in [0.29, 0.717) is 31.4 Å². The first-order valence-electron chi connectivity index (χ1n) is 10.0. The Labute approximate surface area is 171 Å². The molecule has 154 valence electrons. The lowest BCUT2D eigenvalue weighted by Crippen LogP contribution is -2.36. The summed E-state index contributed by atoms with van der Waals surface area (Å²) in [6.45, 7) is 7.67. The van der Waals surface area contributed by atoms with Crippen LogP contribution in [0.2, 0.25) is 0 Å². The molecule has 29 heavy (non-hydrogen) atoms. The number of pyridine rings is 1. The van der Waals surface area contributed by atoms with Crippen molar-refractivity contribution < 1.29 is 14.3 Å². The van der Waals surface area contributed by atoms with Crippen LogP contribution < -0.4 is 15.5 Å². The van der Waals surface area contributed by atoms with E-state index in [1.807, 2.05) is 24.3 Å². The van der Waals surface area contributed by atoms with E-state index >= 15 is 0 Å². The Morgan fingerprint density at radius 3 is 2.45 bits per heavy atom. The number of hydrogen-bond donors (Lipinski definition) is 2. The molecule has 0 saturated carbocycles. The number of hydrogen-bond acceptors (Lipinski definition) is 5. The number of rotatable bonds is 7. The van der Waals surface area contributed by atoms with Gasteiger partial charge in [-0.3, -0.25) is 9.59 Å². The molecule has 1 aromatic heterocycles. The molecule has 0 unspecified atom stereocenters. The van der Waals surface area contributed by atoms with Gasteiger partial charge in [-0.2, -0.15) is 0 Å². The van der Waals surface area contributed by atoms with Gasteiger partial charge in [0.1, 0.15) is 11.4 Å². The Hall–Kier alpha value is -2.93. The van der Waals surface area contributed by atoms with Crippen LogP contribution in [0.25, 0.3) is 0 Å². The topological polar surface area (TPSA) is 83.6 Å². The molecule has 2 N–H and O–H groups in total. The van der Waals surface area contributed by atoms with E-state index in [-0.39, 0.29) is 23.2 Å². The molecule has 1 aromatic carbocycles. The number of nitrogens with one attached hydrogen (secondary N) is 2. The molecular weight excluding hydrogens is 368 g/mol. The average Bonchev–Trinajstić information content (AvgIpc) is 2.74. The van der Waals surface area contributed by atoms with Gasteiger partial charge in [-0.25, -0.2) is 4.98 Å². The van der Waals surface area contributed by atoms with E-state index in [1.54, 1.807) is 18.2 Å². The fraction of sp³-hybridized carbons (Fsp3) is 0.409. The largest absolute Gasteiger partial charge is 0.378 e. The Balaban J connectivity index is 1.69. The number of para-hydroxylation sites is 2. The second-order valence-electron chi connectivity index (χ2n) is 7.42. The molecule has 7 heteroatoms. The monoisotopic (exact) mass is 396 g/mol. The van der Waals surface area contributed by atoms with Gasteiger partial charge in [0.05, 0.1) is 24.6 Å². The van der Waals surface area contributed by atoms with E-state index in [1.165, 1.54) is 0 Å². The maximum Gasteiger partial charge on any atom is 0.274 e. The number of carbonyl (C=O) groups is 2. The highest BCUT2D eigenvalue weighted by atomic mass is 16.5. The zero-order valence-electron chi connectivity index (χ0n) is 17.0. The van der Waals surface area contributed by atoms with E-state index in [4.69, 9.17) is 4.74 Å². The zero-order chi connectivity index (χ0) is 20.6. The Morgan fingerprint density at radius 1 is 1.03 bits per heavy atom. The second-order valence-corrected chi connectivity index (χ2v) is 7.42. The average molecular weight is 396 g/mol. The van der Waals surface area contributed by atoms with Crippen LogP contribution in [-0.4, -0.2) is 49.6 Å². The summed E-state index contributed by atoms with van der Waals surface area (Å²) in [5.74, 6) is -0.108. The van der Waals surface area contributed by atoms with Crippen LogP contribution in [0.1, 0.15) is 41.2 Å². The number of nitrogens with zero attached hydrogens (tertiary/aromatic N) is 2. The molecule has 0 atom stereocenters. The van der Waals surface area contributed by atoms with Crippen LogP contribution in [0, 0.1) is 5.92 Å². The maximum absolute atomic E-state index is 12.8. The smallest absolute Gasteiger partial charge is 0.274 e. The summed E-state index contributed by atoms with van der Waals surface area (Å²) >= 11 is 0. The summed E-state index contributed by atoms with van der Waals surface area (Å²) in [4.78, 5) is 31.5. The summed E-state index contributed by atoms with van der Waals surface area (Å²) in [6, 6.07) is 12.6. The summed E-state index contributed by atoms with van der Waals surface area (Å²) in [5, 5.41) is 5.78. The van der Waals surface area contributed by atoms with E-state index in [0.717, 1.165) is 25.2 Å². The van der Waals surface area contributed by atoms with Crippen molar-refractivity contribution in [2.45, 2.75) is 20.3 Å². The molecule has 0 radical (unpaired) electrons. The molecule has 3 rings (SSSR count). The quantitative estimate of drug-likeness (QED) is 0.752. The molecule has 0 spiro atoms. The number of morpholine rings is 1. The Bertz CT molecular complexity index is 847. The Kier molecular flexibility index (Phi) is 7.19. The van der Waals surface area contributed by atoms with Gasteiger partial charge in [-0.05, 0) is 36.6 Å². The zero-order valence-corrected chi connectivity index (χ0v) is 17.0. The molecule has 0 aliphatic carbocycles. The van der Waals surface area contributed by atoms with E-state index in [2.05, 4.69) is 34.4 Å². The molecule has 2 heterocycles. The number of amides is 2. The van der Waals surface area contributed by atoms with Gasteiger partial charge >= 0.3 is 0 Å². The lowest BCUT2D eigenvalue weighted by Gasteiger charge is -2.30. The molecule has 1 aliphatic rings. The fourth-order valence-electron chi connectivity index (χ4n) is 3.10. The first-order valence-corrected chi connectivity index (χ1v) is 10.0. The minimum Gasteiger partial charge on any atom is -0.378 e. The minimum atomic E-state index is -0.345. The van der Waals surface area contributed by atoms with Crippen molar-refractivity contribution in [3.63, 3.8) is 0 Å². The van der Waals surface area contributed by atoms with E-state index in [9.17, 15) is 9.59 Å². The van der Waals surface area contributed by atoms with Gasteiger partial charge in [0.2, 0.25) is 0 Å². The van der Waals surface area contributed by atoms with Crippen LogP contribution in [0.3, 0.4) is 0 Å². The number of aromatic nitrogens is 1. The molecule has 0 bridgehead atoms. The Morgan fingerprint density at radius 2 is 1.72 bits per heavy atom. The summed E-state index contributed by atoms with van der Waals surface area (Å²) in [6.07, 6.45) is 0.893. The lowest BCUT2D eigenvalue weighted by atomic mass is 10.1.